The summed E-state index contributed by atoms with van der Waals surface area (Å²) >= 11 is 0. The van der Waals surface area contributed by atoms with Crippen molar-refractivity contribution in [2.45, 2.75) is 24.4 Å². The van der Waals surface area contributed by atoms with Gasteiger partial charge in [-0.05, 0) is 6.07 Å². The number of aliphatic hydroxyl groups excluding tert-OH is 1. The van der Waals surface area contributed by atoms with Crippen LogP contribution in [0.3, 0.4) is 0 Å². The molecule has 1 aromatic rings. The molecule has 1 fully saturated rings. The summed E-state index contributed by atoms with van der Waals surface area (Å²) in [5, 5.41) is 9.12. The minimum absolute atomic E-state index is 0.149. The number of halogens is 2. The number of rotatable bonds is 3. The fourth-order valence-corrected chi connectivity index (χ4v) is 2.02. The van der Waals surface area contributed by atoms with Crippen LogP contribution in [0.25, 0.3) is 0 Å². The molecule has 122 valence electrons. The van der Waals surface area contributed by atoms with Gasteiger partial charge in [0.2, 0.25) is 12.3 Å². The number of nitrogens with zero attached hydrogens (tertiary/aromatic N) is 2. The normalized spacial score (nSPS) is 26.6. The van der Waals surface area contributed by atoms with Crippen LogP contribution in [0.2, 0.25) is 0 Å². The monoisotopic (exact) mass is 321 g/mol. The van der Waals surface area contributed by atoms with E-state index < -0.39 is 42.8 Å². The zero-order valence-electron chi connectivity index (χ0n) is 11.3. The number of ether oxygens (including phenoxy) is 3. The van der Waals surface area contributed by atoms with E-state index in [2.05, 4.69) is 14.5 Å². The summed E-state index contributed by atoms with van der Waals surface area (Å²) in [7, 11) is 0.941. The molecule has 9 nitrogen and oxygen atoms in total. The maximum atomic E-state index is 14.4. The van der Waals surface area contributed by atoms with Crippen molar-refractivity contribution >= 4 is 12.0 Å². The van der Waals surface area contributed by atoms with E-state index in [9.17, 15) is 18.4 Å². The van der Waals surface area contributed by atoms with E-state index in [1.54, 1.807) is 0 Å². The minimum Gasteiger partial charge on any atom is -0.438 e. The molecule has 22 heavy (non-hydrogen) atoms. The highest BCUT2D eigenvalue weighted by molar-refractivity contribution is 5.60. The fraction of sp³-hybridized carbons (Fsp3) is 0.545. The van der Waals surface area contributed by atoms with Crippen molar-refractivity contribution in [1.82, 2.24) is 9.55 Å². The van der Waals surface area contributed by atoms with E-state index in [4.69, 9.17) is 15.6 Å². The Hall–Kier alpha value is -2.27. The molecule has 1 aliphatic heterocycles. The SMILES string of the molecule is COC(=O)O[C@@H]1C(CO)OC(n2ccc(N)nc2=O)C1(F)F. The second-order valence-corrected chi connectivity index (χ2v) is 4.42. The molecular weight excluding hydrogens is 308 g/mol. The third-order valence-corrected chi connectivity index (χ3v) is 3.02. The molecular formula is C11H13F2N3O6. The Morgan fingerprint density at radius 1 is 1.64 bits per heavy atom. The van der Waals surface area contributed by atoms with Crippen molar-refractivity contribution in [3.05, 3.63) is 22.7 Å². The smallest absolute Gasteiger partial charge is 0.438 e. The number of nitrogens with two attached hydrogens (primary N) is 1. The summed E-state index contributed by atoms with van der Waals surface area (Å²) < 4.78 is 42.8. The number of anilines is 1. The molecule has 3 N–H and O–H groups in total. The first-order chi connectivity index (χ1) is 10.3. The fourth-order valence-electron chi connectivity index (χ4n) is 2.02. The molecule has 0 bridgehead atoms. The Bertz CT molecular complexity index is 622. The number of methoxy groups -OCH3 is 1. The Labute approximate surface area is 122 Å². The quantitative estimate of drug-likeness (QED) is 0.714. The van der Waals surface area contributed by atoms with Crippen LogP contribution in [-0.2, 0) is 14.2 Å². The summed E-state index contributed by atoms with van der Waals surface area (Å²) in [5.41, 5.74) is 4.21. The van der Waals surface area contributed by atoms with Crippen LogP contribution >= 0.6 is 0 Å². The predicted octanol–water partition coefficient (Wildman–Crippen LogP) is -0.498. The first-order valence-corrected chi connectivity index (χ1v) is 6.04. The predicted molar refractivity (Wildman–Crippen MR) is 66.1 cm³/mol. The number of hydrogen-bond acceptors (Lipinski definition) is 8. The van der Waals surface area contributed by atoms with Gasteiger partial charge in [0.1, 0.15) is 11.9 Å². The molecule has 0 aromatic carbocycles. The topological polar surface area (TPSA) is 126 Å². The van der Waals surface area contributed by atoms with E-state index in [0.29, 0.717) is 4.57 Å². The van der Waals surface area contributed by atoms with Gasteiger partial charge in [-0.1, -0.05) is 0 Å². The number of carbonyl (C=O) groups is 1. The van der Waals surface area contributed by atoms with Gasteiger partial charge in [-0.15, -0.1) is 0 Å². The standard InChI is InChI=1S/C11H13F2N3O6/c1-20-10(19)22-7-5(4-17)21-8(11(7,12)13)16-3-2-6(14)15-9(16)18/h2-3,5,7-8,17H,4H2,1H3,(H2,14,15,18)/t5?,7-,8?/m1/s1. The molecule has 11 heteroatoms. The van der Waals surface area contributed by atoms with Crippen molar-refractivity contribution in [2.24, 2.45) is 0 Å². The molecule has 1 aromatic heterocycles. The maximum absolute atomic E-state index is 14.4. The highest BCUT2D eigenvalue weighted by atomic mass is 19.3. The second kappa shape index (κ2) is 5.85. The number of aliphatic hydroxyl groups is 1. The highest BCUT2D eigenvalue weighted by Crippen LogP contribution is 2.43. The Kier molecular flexibility index (Phi) is 4.28. The van der Waals surface area contributed by atoms with E-state index in [0.717, 1.165) is 19.4 Å². The van der Waals surface area contributed by atoms with E-state index in [1.165, 1.54) is 0 Å². The lowest BCUT2D eigenvalue weighted by atomic mass is 10.1. The Balaban J connectivity index is 2.37. The lowest BCUT2D eigenvalue weighted by Crippen LogP contribution is -2.44. The number of carbonyl (C=O) groups excluding carboxylic acids is 1. The van der Waals surface area contributed by atoms with Crippen LogP contribution in [-0.4, -0.2) is 52.7 Å². The summed E-state index contributed by atoms with van der Waals surface area (Å²) in [4.78, 5) is 26.0. The van der Waals surface area contributed by atoms with Crippen molar-refractivity contribution in [1.29, 1.82) is 0 Å². The summed E-state index contributed by atoms with van der Waals surface area (Å²) in [6.45, 7) is -0.856. The van der Waals surface area contributed by atoms with Crippen molar-refractivity contribution in [3.63, 3.8) is 0 Å². The lowest BCUT2D eigenvalue weighted by molar-refractivity contribution is -0.145. The molecule has 1 saturated heterocycles. The summed E-state index contributed by atoms with van der Waals surface area (Å²) in [6, 6.07) is 1.13. The van der Waals surface area contributed by atoms with Crippen molar-refractivity contribution in [3.8, 4) is 0 Å². The third kappa shape index (κ3) is 2.72. The van der Waals surface area contributed by atoms with Crippen molar-refractivity contribution in [2.75, 3.05) is 19.5 Å². The van der Waals surface area contributed by atoms with Gasteiger partial charge in [0.25, 0.3) is 0 Å². The number of nitrogen functional groups attached to an aromatic ring is 1. The van der Waals surface area contributed by atoms with E-state index in [1.807, 2.05) is 0 Å². The number of hydrogen-bond donors (Lipinski definition) is 2. The zero-order chi connectivity index (χ0) is 16.5. The third-order valence-electron chi connectivity index (χ3n) is 3.02. The lowest BCUT2D eigenvalue weighted by Gasteiger charge is -2.23. The van der Waals surface area contributed by atoms with Crippen LogP contribution < -0.4 is 11.4 Å². The van der Waals surface area contributed by atoms with E-state index >= 15 is 0 Å². The van der Waals surface area contributed by atoms with Gasteiger partial charge in [-0.2, -0.15) is 13.8 Å². The molecule has 0 amide bonds. The van der Waals surface area contributed by atoms with Gasteiger partial charge in [0.05, 0.1) is 13.7 Å². The van der Waals surface area contributed by atoms with Gasteiger partial charge in [-0.25, -0.2) is 9.59 Å². The molecule has 0 radical (unpaired) electrons. The average Bonchev–Trinajstić information content (AvgIpc) is 2.70. The van der Waals surface area contributed by atoms with Crippen LogP contribution in [0.5, 0.6) is 0 Å². The maximum Gasteiger partial charge on any atom is 0.508 e. The summed E-state index contributed by atoms with van der Waals surface area (Å²) in [6.07, 6.45) is -6.17. The first kappa shape index (κ1) is 16.1. The molecule has 0 aliphatic carbocycles. The van der Waals surface area contributed by atoms with Crippen molar-refractivity contribution < 1.29 is 32.9 Å². The summed E-state index contributed by atoms with van der Waals surface area (Å²) in [5.74, 6) is -3.95. The molecule has 2 heterocycles. The Morgan fingerprint density at radius 2 is 2.32 bits per heavy atom. The largest absolute Gasteiger partial charge is 0.508 e. The molecule has 2 rings (SSSR count). The molecule has 2 unspecified atom stereocenters. The van der Waals surface area contributed by atoms with Gasteiger partial charge in [0, 0.05) is 6.20 Å². The first-order valence-electron chi connectivity index (χ1n) is 6.04. The van der Waals surface area contributed by atoms with Gasteiger partial charge in [0.15, 0.2) is 0 Å². The molecule has 0 spiro atoms. The average molecular weight is 321 g/mol. The molecule has 1 aliphatic rings. The van der Waals surface area contributed by atoms with Crippen LogP contribution in [0.1, 0.15) is 6.23 Å². The zero-order valence-corrected chi connectivity index (χ0v) is 11.3. The Morgan fingerprint density at radius 3 is 2.86 bits per heavy atom. The van der Waals surface area contributed by atoms with Gasteiger partial charge >= 0.3 is 17.8 Å². The van der Waals surface area contributed by atoms with E-state index in [-0.39, 0.29) is 5.82 Å². The van der Waals surface area contributed by atoms with Crippen LogP contribution in [0, 0.1) is 0 Å². The molecule has 3 atom stereocenters. The minimum atomic E-state index is -3.80. The van der Waals surface area contributed by atoms with Gasteiger partial charge in [-0.3, -0.25) is 4.57 Å². The second-order valence-electron chi connectivity index (χ2n) is 4.42. The molecule has 0 saturated carbocycles. The van der Waals surface area contributed by atoms with Gasteiger partial charge < -0.3 is 25.1 Å². The van der Waals surface area contributed by atoms with Crippen LogP contribution in [0.15, 0.2) is 17.1 Å². The number of alkyl halides is 2. The highest BCUT2D eigenvalue weighted by Gasteiger charge is 2.62. The van der Waals surface area contributed by atoms with Crippen LogP contribution in [0.4, 0.5) is 19.4 Å². The number of aromatic nitrogens is 2.